The number of benzene rings is 1. The van der Waals surface area contributed by atoms with Gasteiger partial charge in [-0.1, -0.05) is 12.1 Å². The van der Waals surface area contributed by atoms with Gasteiger partial charge in [0.1, 0.15) is 11.4 Å². The van der Waals surface area contributed by atoms with Crippen molar-refractivity contribution in [3.63, 3.8) is 0 Å². The van der Waals surface area contributed by atoms with Gasteiger partial charge in [0, 0.05) is 37.1 Å². The number of aromatic nitrogens is 1. The van der Waals surface area contributed by atoms with Crippen molar-refractivity contribution < 1.29 is 14.3 Å². The maximum atomic E-state index is 12.1. The summed E-state index contributed by atoms with van der Waals surface area (Å²) in [6, 6.07) is 9.82. The lowest BCUT2D eigenvalue weighted by Gasteiger charge is -2.28. The molecule has 0 radical (unpaired) electrons. The van der Waals surface area contributed by atoms with E-state index in [4.69, 9.17) is 9.47 Å². The van der Waals surface area contributed by atoms with Crippen LogP contribution in [0.25, 0.3) is 6.08 Å². The summed E-state index contributed by atoms with van der Waals surface area (Å²) in [5.74, 6) is 0.343. The Morgan fingerprint density at radius 1 is 1.24 bits per heavy atom. The first kappa shape index (κ1) is 17.0. The van der Waals surface area contributed by atoms with Crippen molar-refractivity contribution in [2.75, 3.05) is 43.6 Å². The van der Waals surface area contributed by atoms with Gasteiger partial charge in [0.2, 0.25) is 5.91 Å². The van der Waals surface area contributed by atoms with Crippen LogP contribution in [0.3, 0.4) is 0 Å². The molecule has 1 N–H and O–H groups in total. The minimum atomic E-state index is -0.233. The summed E-state index contributed by atoms with van der Waals surface area (Å²) in [6.07, 6.45) is 6.44. The van der Waals surface area contributed by atoms with Crippen LogP contribution in [0.1, 0.15) is 5.56 Å². The van der Waals surface area contributed by atoms with E-state index in [1.807, 2.05) is 12.1 Å². The molecule has 2 aromatic rings. The Morgan fingerprint density at radius 2 is 2.00 bits per heavy atom. The Hall–Kier alpha value is -2.86. The molecule has 0 aliphatic carbocycles. The van der Waals surface area contributed by atoms with Gasteiger partial charge in [-0.15, -0.1) is 0 Å². The second kappa shape index (κ2) is 8.30. The number of nitrogens with zero attached hydrogens (tertiary/aromatic N) is 2. The molecule has 6 heteroatoms. The van der Waals surface area contributed by atoms with Crippen molar-refractivity contribution in [3.8, 4) is 5.75 Å². The first-order chi connectivity index (χ1) is 12.3. The number of hydrogen-bond acceptors (Lipinski definition) is 5. The molecule has 0 atom stereocenters. The number of rotatable bonds is 5. The van der Waals surface area contributed by atoms with Gasteiger partial charge in [-0.2, -0.15) is 0 Å². The third-order valence-corrected chi connectivity index (χ3v) is 3.96. The SMILES string of the molecule is COc1ccncc1NC(=O)/C=C/c1ccc(N2CCOCC2)cc1. The molecule has 0 unspecified atom stereocenters. The molecule has 1 fully saturated rings. The number of amides is 1. The van der Waals surface area contributed by atoms with Crippen LogP contribution in [0.2, 0.25) is 0 Å². The van der Waals surface area contributed by atoms with E-state index in [1.54, 1.807) is 31.6 Å². The monoisotopic (exact) mass is 339 g/mol. The number of morpholine rings is 1. The van der Waals surface area contributed by atoms with E-state index in [0.29, 0.717) is 11.4 Å². The van der Waals surface area contributed by atoms with E-state index < -0.39 is 0 Å². The highest BCUT2D eigenvalue weighted by molar-refractivity contribution is 6.02. The number of carbonyl (C=O) groups excluding carboxylic acids is 1. The van der Waals surface area contributed by atoms with Crippen molar-refractivity contribution in [2.24, 2.45) is 0 Å². The van der Waals surface area contributed by atoms with E-state index in [1.165, 1.54) is 11.8 Å². The van der Waals surface area contributed by atoms with Crippen molar-refractivity contribution in [3.05, 3.63) is 54.4 Å². The van der Waals surface area contributed by atoms with Gasteiger partial charge < -0.3 is 19.7 Å². The number of ether oxygens (including phenoxy) is 2. The third kappa shape index (κ3) is 4.58. The fraction of sp³-hybridized carbons (Fsp3) is 0.263. The van der Waals surface area contributed by atoms with E-state index >= 15 is 0 Å². The van der Waals surface area contributed by atoms with Gasteiger partial charge in [0.05, 0.1) is 26.5 Å². The highest BCUT2D eigenvalue weighted by Gasteiger charge is 2.10. The highest BCUT2D eigenvalue weighted by atomic mass is 16.5. The average molecular weight is 339 g/mol. The van der Waals surface area contributed by atoms with E-state index in [9.17, 15) is 4.79 Å². The van der Waals surface area contributed by atoms with Crippen LogP contribution in [0.15, 0.2) is 48.8 Å². The Balaban J connectivity index is 1.60. The van der Waals surface area contributed by atoms with Gasteiger partial charge in [-0.05, 0) is 23.8 Å². The third-order valence-electron chi connectivity index (χ3n) is 3.96. The molecule has 0 spiro atoms. The normalized spacial score (nSPS) is 14.5. The fourth-order valence-corrected chi connectivity index (χ4v) is 2.62. The molecule has 1 saturated heterocycles. The van der Waals surface area contributed by atoms with Crippen molar-refractivity contribution in [1.29, 1.82) is 0 Å². The summed E-state index contributed by atoms with van der Waals surface area (Å²) >= 11 is 0. The molecule has 25 heavy (non-hydrogen) atoms. The Kier molecular flexibility index (Phi) is 5.64. The molecule has 130 valence electrons. The van der Waals surface area contributed by atoms with E-state index in [0.717, 1.165) is 31.9 Å². The number of nitrogens with one attached hydrogen (secondary N) is 1. The summed E-state index contributed by atoms with van der Waals surface area (Å²) in [5.41, 5.74) is 2.68. The number of methoxy groups -OCH3 is 1. The molecule has 1 aliphatic rings. The van der Waals surface area contributed by atoms with E-state index in [2.05, 4.69) is 27.3 Å². The van der Waals surface area contributed by atoms with Crippen LogP contribution in [0, 0.1) is 0 Å². The van der Waals surface area contributed by atoms with Gasteiger partial charge >= 0.3 is 0 Å². The molecule has 1 aliphatic heterocycles. The lowest BCUT2D eigenvalue weighted by atomic mass is 10.1. The van der Waals surface area contributed by atoms with Gasteiger partial charge in [-0.25, -0.2) is 0 Å². The molecule has 1 aromatic heterocycles. The minimum Gasteiger partial charge on any atom is -0.494 e. The van der Waals surface area contributed by atoms with Crippen LogP contribution in [0.5, 0.6) is 5.75 Å². The maximum Gasteiger partial charge on any atom is 0.248 e. The van der Waals surface area contributed by atoms with Crippen LogP contribution < -0.4 is 15.0 Å². The Bertz CT molecular complexity index is 738. The molecular weight excluding hydrogens is 318 g/mol. The summed E-state index contributed by atoms with van der Waals surface area (Å²) in [5, 5.41) is 2.76. The predicted octanol–water partition coefficient (Wildman–Crippen LogP) is 2.58. The van der Waals surface area contributed by atoms with E-state index in [-0.39, 0.29) is 5.91 Å². The van der Waals surface area contributed by atoms with Crippen LogP contribution in [0.4, 0.5) is 11.4 Å². The molecule has 6 nitrogen and oxygen atoms in total. The topological polar surface area (TPSA) is 63.7 Å². The van der Waals surface area contributed by atoms with Gasteiger partial charge in [0.15, 0.2) is 0 Å². The maximum absolute atomic E-state index is 12.1. The highest BCUT2D eigenvalue weighted by Crippen LogP contribution is 2.22. The summed E-state index contributed by atoms with van der Waals surface area (Å²) < 4.78 is 10.6. The molecule has 1 aromatic carbocycles. The average Bonchev–Trinajstić information content (AvgIpc) is 2.68. The summed E-state index contributed by atoms with van der Waals surface area (Å²) in [6.45, 7) is 3.34. The van der Waals surface area contributed by atoms with Crippen LogP contribution in [-0.2, 0) is 9.53 Å². The zero-order valence-electron chi connectivity index (χ0n) is 14.1. The molecule has 0 saturated carbocycles. The number of hydrogen-bond donors (Lipinski definition) is 1. The lowest BCUT2D eigenvalue weighted by molar-refractivity contribution is -0.111. The second-order valence-electron chi connectivity index (χ2n) is 5.59. The molecule has 1 amide bonds. The molecule has 0 bridgehead atoms. The van der Waals surface area contributed by atoms with Gasteiger partial charge in [-0.3, -0.25) is 9.78 Å². The Labute approximate surface area is 147 Å². The predicted molar refractivity (Wildman–Crippen MR) is 97.9 cm³/mol. The summed E-state index contributed by atoms with van der Waals surface area (Å²) in [7, 11) is 1.55. The molecule has 3 rings (SSSR count). The van der Waals surface area contributed by atoms with Crippen molar-refractivity contribution >= 4 is 23.4 Å². The van der Waals surface area contributed by atoms with Crippen molar-refractivity contribution in [1.82, 2.24) is 4.98 Å². The molecular formula is C19H21N3O3. The van der Waals surface area contributed by atoms with Crippen LogP contribution in [-0.4, -0.2) is 44.3 Å². The second-order valence-corrected chi connectivity index (χ2v) is 5.59. The number of pyridine rings is 1. The fourth-order valence-electron chi connectivity index (χ4n) is 2.62. The standard InChI is InChI=1S/C19H21N3O3/c1-24-18-8-9-20-14-17(18)21-19(23)7-4-15-2-5-16(6-3-15)22-10-12-25-13-11-22/h2-9,14H,10-13H2,1H3,(H,21,23)/b7-4+. The van der Waals surface area contributed by atoms with Crippen molar-refractivity contribution in [2.45, 2.75) is 0 Å². The number of carbonyl (C=O) groups is 1. The quantitative estimate of drug-likeness (QED) is 0.848. The largest absolute Gasteiger partial charge is 0.494 e. The smallest absolute Gasteiger partial charge is 0.248 e. The lowest BCUT2D eigenvalue weighted by Crippen LogP contribution is -2.36. The Morgan fingerprint density at radius 3 is 2.72 bits per heavy atom. The first-order valence-electron chi connectivity index (χ1n) is 8.16. The zero-order valence-corrected chi connectivity index (χ0v) is 14.1. The molecule has 2 heterocycles. The first-order valence-corrected chi connectivity index (χ1v) is 8.16. The minimum absolute atomic E-state index is 0.233. The summed E-state index contributed by atoms with van der Waals surface area (Å²) in [4.78, 5) is 18.3. The van der Waals surface area contributed by atoms with Crippen LogP contribution >= 0.6 is 0 Å². The zero-order chi connectivity index (χ0) is 17.5. The number of anilines is 2. The van der Waals surface area contributed by atoms with Gasteiger partial charge in [0.25, 0.3) is 0 Å².